The van der Waals surface area contributed by atoms with Gasteiger partial charge in [0.1, 0.15) is 5.75 Å². The summed E-state index contributed by atoms with van der Waals surface area (Å²) in [7, 11) is 1.31. The first-order valence-corrected chi connectivity index (χ1v) is 8.48. The highest BCUT2D eigenvalue weighted by molar-refractivity contribution is 6.06. The number of benzene rings is 1. The molecule has 1 aromatic carbocycles. The van der Waals surface area contributed by atoms with Gasteiger partial charge in [0.2, 0.25) is 5.91 Å². The van der Waals surface area contributed by atoms with Crippen molar-refractivity contribution in [1.82, 2.24) is 9.88 Å². The number of halogens is 3. The number of rotatable bonds is 3. The highest BCUT2D eigenvalue weighted by Crippen LogP contribution is 2.35. The molecule has 148 valence electrons. The van der Waals surface area contributed by atoms with Gasteiger partial charge in [-0.15, -0.1) is 0 Å². The molecular weight excluding hydrogens is 375 g/mol. The maximum absolute atomic E-state index is 13.0. The summed E-state index contributed by atoms with van der Waals surface area (Å²) in [4.78, 5) is 30.0. The second-order valence-electron chi connectivity index (χ2n) is 6.38. The number of pyridine rings is 1. The van der Waals surface area contributed by atoms with Gasteiger partial charge >= 0.3 is 6.18 Å². The fraction of sp³-hybridized carbons (Fsp3) is 0.316. The minimum atomic E-state index is -4.55. The van der Waals surface area contributed by atoms with Crippen LogP contribution in [0.1, 0.15) is 34.0 Å². The highest BCUT2D eigenvalue weighted by Gasteiger charge is 2.31. The monoisotopic (exact) mass is 393 g/mol. The molecule has 1 aliphatic rings. The maximum Gasteiger partial charge on any atom is 0.416 e. The number of nitrogens with zero attached hydrogens (tertiary/aromatic N) is 2. The van der Waals surface area contributed by atoms with Crippen LogP contribution in [0.4, 0.5) is 18.9 Å². The van der Waals surface area contributed by atoms with E-state index in [2.05, 4.69) is 10.3 Å². The van der Waals surface area contributed by atoms with E-state index < -0.39 is 17.6 Å². The molecule has 1 N–H and O–H groups in total. The van der Waals surface area contributed by atoms with E-state index in [9.17, 15) is 22.8 Å². The normalized spacial score (nSPS) is 13.7. The molecule has 2 heterocycles. The zero-order chi connectivity index (χ0) is 20.5. The van der Waals surface area contributed by atoms with Gasteiger partial charge in [-0.2, -0.15) is 13.2 Å². The first-order chi connectivity index (χ1) is 13.2. The van der Waals surface area contributed by atoms with E-state index in [1.54, 1.807) is 11.1 Å². The van der Waals surface area contributed by atoms with E-state index >= 15 is 0 Å². The highest BCUT2D eigenvalue weighted by atomic mass is 19.4. The predicted molar refractivity (Wildman–Crippen MR) is 95.0 cm³/mol. The van der Waals surface area contributed by atoms with E-state index in [0.717, 1.165) is 29.3 Å². The van der Waals surface area contributed by atoms with Gasteiger partial charge in [0.25, 0.3) is 5.91 Å². The third-order valence-electron chi connectivity index (χ3n) is 4.60. The molecule has 28 heavy (non-hydrogen) atoms. The summed E-state index contributed by atoms with van der Waals surface area (Å²) in [6.07, 6.45) is -1.13. The molecule has 2 amide bonds. The largest absolute Gasteiger partial charge is 0.495 e. The van der Waals surface area contributed by atoms with E-state index in [-0.39, 0.29) is 22.9 Å². The number of fused-ring (bicyclic) bond motifs is 1. The number of hydrogen-bond donors (Lipinski definition) is 1. The smallest absolute Gasteiger partial charge is 0.416 e. The quantitative estimate of drug-likeness (QED) is 0.869. The van der Waals surface area contributed by atoms with Gasteiger partial charge in [-0.25, -0.2) is 0 Å². The fourth-order valence-electron chi connectivity index (χ4n) is 3.13. The molecule has 3 rings (SSSR count). The second-order valence-corrected chi connectivity index (χ2v) is 6.38. The molecule has 0 aliphatic carbocycles. The summed E-state index contributed by atoms with van der Waals surface area (Å²) in [5.74, 6) is -0.547. The Morgan fingerprint density at radius 1 is 1.25 bits per heavy atom. The maximum atomic E-state index is 13.0. The molecule has 0 saturated heterocycles. The van der Waals surface area contributed by atoms with Crippen molar-refractivity contribution in [3.05, 3.63) is 52.8 Å². The van der Waals surface area contributed by atoms with E-state index in [1.807, 2.05) is 0 Å². The van der Waals surface area contributed by atoms with E-state index in [4.69, 9.17) is 4.74 Å². The summed E-state index contributed by atoms with van der Waals surface area (Å²) in [5.41, 5.74) is 0.760. The summed E-state index contributed by atoms with van der Waals surface area (Å²) >= 11 is 0. The molecule has 0 radical (unpaired) electrons. The number of amides is 2. The van der Waals surface area contributed by atoms with Crippen LogP contribution < -0.4 is 10.1 Å². The van der Waals surface area contributed by atoms with Crippen molar-refractivity contribution in [3.8, 4) is 5.75 Å². The number of alkyl halides is 3. The lowest BCUT2D eigenvalue weighted by atomic mass is 9.96. The lowest BCUT2D eigenvalue weighted by Gasteiger charge is -2.28. The van der Waals surface area contributed by atoms with E-state index in [1.165, 1.54) is 20.2 Å². The number of carbonyl (C=O) groups is 2. The lowest BCUT2D eigenvalue weighted by molar-refractivity contribution is -0.137. The number of nitrogens with one attached hydrogen (secondary N) is 1. The molecule has 0 fully saturated rings. The van der Waals surface area contributed by atoms with Gasteiger partial charge in [-0.3, -0.25) is 14.6 Å². The van der Waals surface area contributed by atoms with Crippen LogP contribution in [-0.4, -0.2) is 35.4 Å². The molecule has 9 heteroatoms. The number of aromatic nitrogens is 1. The molecule has 0 atom stereocenters. The van der Waals surface area contributed by atoms with Crippen LogP contribution >= 0.6 is 0 Å². The Morgan fingerprint density at radius 3 is 2.64 bits per heavy atom. The minimum Gasteiger partial charge on any atom is -0.495 e. The van der Waals surface area contributed by atoms with Crippen LogP contribution in [0.5, 0.6) is 5.75 Å². The van der Waals surface area contributed by atoms with Crippen molar-refractivity contribution < 1.29 is 27.5 Å². The summed E-state index contributed by atoms with van der Waals surface area (Å²) in [5, 5.41) is 2.49. The zero-order valence-electron chi connectivity index (χ0n) is 15.3. The molecule has 6 nitrogen and oxygen atoms in total. The van der Waals surface area contributed by atoms with Crippen LogP contribution in [-0.2, 0) is 23.9 Å². The summed E-state index contributed by atoms with van der Waals surface area (Å²) in [6.45, 7) is 2.26. The molecule has 0 saturated carbocycles. The summed E-state index contributed by atoms with van der Waals surface area (Å²) < 4.78 is 44.0. The molecule has 0 bridgehead atoms. The van der Waals surface area contributed by atoms with Crippen molar-refractivity contribution in [2.75, 3.05) is 19.0 Å². The number of hydrogen-bond acceptors (Lipinski definition) is 4. The van der Waals surface area contributed by atoms with Gasteiger partial charge in [0, 0.05) is 32.4 Å². The SMILES string of the molecule is COc1ccc(C(F)(F)F)cc1NC(=O)c1cncc2c1CCN(C(C)=O)C2. The average molecular weight is 393 g/mol. The van der Waals surface area contributed by atoms with Crippen molar-refractivity contribution in [3.63, 3.8) is 0 Å². The fourth-order valence-corrected chi connectivity index (χ4v) is 3.13. The predicted octanol–water partition coefficient (Wildman–Crippen LogP) is 3.27. The van der Waals surface area contributed by atoms with E-state index in [0.29, 0.717) is 19.5 Å². The van der Waals surface area contributed by atoms with Crippen molar-refractivity contribution in [2.24, 2.45) is 0 Å². The third-order valence-corrected chi connectivity index (χ3v) is 4.60. The minimum absolute atomic E-state index is 0.0748. The van der Waals surface area contributed by atoms with Gasteiger partial charge < -0.3 is 15.0 Å². The van der Waals surface area contributed by atoms with Crippen molar-refractivity contribution in [2.45, 2.75) is 26.1 Å². The van der Waals surface area contributed by atoms with Gasteiger partial charge in [-0.1, -0.05) is 0 Å². The topological polar surface area (TPSA) is 71.5 Å². The van der Waals surface area contributed by atoms with Gasteiger partial charge in [0.05, 0.1) is 23.9 Å². The Morgan fingerprint density at radius 2 is 2.00 bits per heavy atom. The van der Waals surface area contributed by atoms with Gasteiger partial charge in [-0.05, 0) is 35.7 Å². The number of methoxy groups -OCH3 is 1. The molecule has 0 spiro atoms. The Hall–Kier alpha value is -3.10. The molecule has 1 aliphatic heterocycles. The number of ether oxygens (including phenoxy) is 1. The number of carbonyl (C=O) groups excluding carboxylic acids is 2. The average Bonchev–Trinajstić information content (AvgIpc) is 2.66. The van der Waals surface area contributed by atoms with Crippen LogP contribution in [0.25, 0.3) is 0 Å². The van der Waals surface area contributed by atoms with Crippen molar-refractivity contribution >= 4 is 17.5 Å². The Bertz CT molecular complexity index is 928. The van der Waals surface area contributed by atoms with Crippen LogP contribution in [0, 0.1) is 0 Å². The standard InChI is InChI=1S/C19H18F3N3O3/c1-11(26)25-6-5-14-12(10-25)8-23-9-15(14)18(27)24-16-7-13(19(20,21)22)3-4-17(16)28-2/h3-4,7-9H,5-6,10H2,1-2H3,(H,24,27). The lowest BCUT2D eigenvalue weighted by Crippen LogP contribution is -2.35. The molecule has 1 aromatic heterocycles. The van der Waals surface area contributed by atoms with Gasteiger partial charge in [0.15, 0.2) is 0 Å². The molecular formula is C19H18F3N3O3. The third kappa shape index (κ3) is 3.92. The second kappa shape index (κ2) is 7.49. The first-order valence-electron chi connectivity index (χ1n) is 8.48. The molecule has 0 unspecified atom stereocenters. The number of anilines is 1. The summed E-state index contributed by atoms with van der Waals surface area (Å²) in [6, 6.07) is 2.87. The first kappa shape index (κ1) is 19.7. The molecule has 2 aromatic rings. The zero-order valence-corrected chi connectivity index (χ0v) is 15.3. The van der Waals surface area contributed by atoms with Crippen LogP contribution in [0.3, 0.4) is 0 Å². The Balaban J connectivity index is 1.91. The van der Waals surface area contributed by atoms with Crippen LogP contribution in [0.15, 0.2) is 30.6 Å². The Labute approximate surface area is 159 Å². The Kier molecular flexibility index (Phi) is 5.26. The van der Waals surface area contributed by atoms with Crippen molar-refractivity contribution in [1.29, 1.82) is 0 Å². The van der Waals surface area contributed by atoms with Crippen LogP contribution in [0.2, 0.25) is 0 Å².